The smallest absolute Gasteiger partial charge is 0.154 e. The van der Waals surface area contributed by atoms with Crippen LogP contribution in [-0.4, -0.2) is 0 Å². The molecule has 0 spiro atoms. The van der Waals surface area contributed by atoms with Gasteiger partial charge < -0.3 is 4.84 Å². The molecule has 0 aromatic heterocycles. The van der Waals surface area contributed by atoms with Gasteiger partial charge in [0.1, 0.15) is 0 Å². The van der Waals surface area contributed by atoms with Crippen molar-refractivity contribution in [3.8, 4) is 5.75 Å². The average Bonchev–Trinajstić information content (AvgIpc) is 2.19. The molecule has 0 saturated heterocycles. The second-order valence-electron chi connectivity index (χ2n) is 2.98. The van der Waals surface area contributed by atoms with E-state index in [4.69, 9.17) is 10.7 Å². The van der Waals surface area contributed by atoms with E-state index in [0.717, 1.165) is 12.0 Å². The Balaban J connectivity index is 3.06. The molecular weight excluding hydrogens is 174 g/mol. The Bertz CT molecular complexity index is 342. The van der Waals surface area contributed by atoms with Crippen molar-refractivity contribution in [2.75, 3.05) is 0 Å². The van der Waals surface area contributed by atoms with E-state index in [0.29, 0.717) is 5.75 Å². The highest BCUT2D eigenvalue weighted by Gasteiger charge is 2.00. The average molecular weight is 189 g/mol. The molecule has 2 nitrogen and oxygen atoms in total. The number of rotatable bonds is 4. The summed E-state index contributed by atoms with van der Waals surface area (Å²) in [5.74, 6) is 5.84. The Morgan fingerprint density at radius 3 is 2.86 bits per heavy atom. The number of hydrogen-bond acceptors (Lipinski definition) is 2. The lowest BCUT2D eigenvalue weighted by Crippen LogP contribution is -2.03. The summed E-state index contributed by atoms with van der Waals surface area (Å²) >= 11 is 0. The van der Waals surface area contributed by atoms with Crippen LogP contribution in [0, 0.1) is 0 Å². The van der Waals surface area contributed by atoms with Crippen molar-refractivity contribution in [1.29, 1.82) is 0 Å². The van der Waals surface area contributed by atoms with Gasteiger partial charge in [-0.1, -0.05) is 24.3 Å². The Morgan fingerprint density at radius 2 is 2.29 bits per heavy atom. The molecule has 0 bridgehead atoms. The van der Waals surface area contributed by atoms with Crippen molar-refractivity contribution in [2.45, 2.75) is 13.3 Å². The monoisotopic (exact) mass is 189 g/mol. The quantitative estimate of drug-likeness (QED) is 0.584. The molecule has 2 heteroatoms. The number of nitrogens with two attached hydrogens (primary N) is 1. The first-order valence-corrected chi connectivity index (χ1v) is 4.55. The molecule has 14 heavy (non-hydrogen) atoms. The fraction of sp³-hybridized carbons (Fsp3) is 0.167. The summed E-state index contributed by atoms with van der Waals surface area (Å²) in [5.41, 5.74) is 2.20. The Kier molecular flexibility index (Phi) is 3.95. The third-order valence-corrected chi connectivity index (χ3v) is 1.93. The molecule has 0 aliphatic rings. The Labute approximate surface area is 84.6 Å². The largest absolute Gasteiger partial charge is 0.411 e. The van der Waals surface area contributed by atoms with Crippen LogP contribution in [-0.2, 0) is 6.42 Å². The zero-order valence-corrected chi connectivity index (χ0v) is 8.36. The van der Waals surface area contributed by atoms with Crippen LogP contribution in [0.15, 0.2) is 36.9 Å². The zero-order chi connectivity index (χ0) is 10.4. The van der Waals surface area contributed by atoms with Gasteiger partial charge in [-0.05, 0) is 31.0 Å². The van der Waals surface area contributed by atoms with Gasteiger partial charge in [-0.15, -0.1) is 6.58 Å². The summed E-state index contributed by atoms with van der Waals surface area (Å²) in [4.78, 5) is 4.75. The summed E-state index contributed by atoms with van der Waals surface area (Å²) in [5, 5.41) is 0. The van der Waals surface area contributed by atoms with E-state index in [9.17, 15) is 0 Å². The molecule has 0 fully saturated rings. The van der Waals surface area contributed by atoms with E-state index in [1.807, 2.05) is 43.4 Å². The van der Waals surface area contributed by atoms with Gasteiger partial charge in [0.05, 0.1) is 0 Å². The van der Waals surface area contributed by atoms with Crippen LogP contribution < -0.4 is 10.7 Å². The van der Waals surface area contributed by atoms with Crippen LogP contribution in [0.4, 0.5) is 0 Å². The first kappa shape index (κ1) is 10.5. The lowest BCUT2D eigenvalue weighted by molar-refractivity contribution is 0.333. The third kappa shape index (κ3) is 2.47. The molecule has 74 valence electrons. The van der Waals surface area contributed by atoms with Crippen LogP contribution in [0.3, 0.4) is 0 Å². The maximum Gasteiger partial charge on any atom is 0.154 e. The van der Waals surface area contributed by atoms with Crippen LogP contribution in [0.2, 0.25) is 0 Å². The van der Waals surface area contributed by atoms with E-state index in [-0.39, 0.29) is 0 Å². The lowest BCUT2D eigenvalue weighted by Gasteiger charge is -2.05. The van der Waals surface area contributed by atoms with Crippen molar-refractivity contribution < 1.29 is 4.84 Å². The summed E-state index contributed by atoms with van der Waals surface area (Å²) in [6.07, 6.45) is 6.65. The van der Waals surface area contributed by atoms with Crippen molar-refractivity contribution in [1.82, 2.24) is 0 Å². The fourth-order valence-corrected chi connectivity index (χ4v) is 1.31. The number of benzene rings is 1. The van der Waals surface area contributed by atoms with E-state index >= 15 is 0 Å². The molecule has 0 atom stereocenters. The molecule has 0 radical (unpaired) electrons. The zero-order valence-electron chi connectivity index (χ0n) is 8.36. The van der Waals surface area contributed by atoms with Gasteiger partial charge in [-0.2, -0.15) is 5.90 Å². The lowest BCUT2D eigenvalue weighted by atomic mass is 10.1. The maximum absolute atomic E-state index is 5.15. The van der Waals surface area contributed by atoms with E-state index in [2.05, 4.69) is 6.58 Å². The Hall–Kier alpha value is -1.54. The number of hydrogen-bond donors (Lipinski definition) is 1. The first-order chi connectivity index (χ1) is 6.81. The highest BCUT2D eigenvalue weighted by molar-refractivity contribution is 5.58. The molecule has 0 saturated carbocycles. The molecule has 0 unspecified atom stereocenters. The minimum absolute atomic E-state index is 0.691. The minimum Gasteiger partial charge on any atom is -0.411 e. The highest BCUT2D eigenvalue weighted by atomic mass is 16.6. The summed E-state index contributed by atoms with van der Waals surface area (Å²) in [6.45, 7) is 5.66. The van der Waals surface area contributed by atoms with Crippen molar-refractivity contribution in [3.63, 3.8) is 0 Å². The predicted molar refractivity (Wildman–Crippen MR) is 59.9 cm³/mol. The molecule has 0 aliphatic carbocycles. The normalized spacial score (nSPS) is 10.4. The molecule has 2 N–H and O–H groups in total. The third-order valence-electron chi connectivity index (χ3n) is 1.93. The topological polar surface area (TPSA) is 35.2 Å². The van der Waals surface area contributed by atoms with Crippen LogP contribution >= 0.6 is 0 Å². The minimum atomic E-state index is 0.691. The SMILES string of the molecule is C=CCc1ccc(ON)c(/C=C/C)c1. The van der Waals surface area contributed by atoms with Gasteiger partial charge in [0.25, 0.3) is 0 Å². The van der Waals surface area contributed by atoms with Gasteiger partial charge in [-0.3, -0.25) is 0 Å². The summed E-state index contributed by atoms with van der Waals surface area (Å²) in [6, 6.07) is 5.90. The molecule has 1 aromatic carbocycles. The highest BCUT2D eigenvalue weighted by Crippen LogP contribution is 2.21. The molecule has 0 aliphatic heterocycles. The predicted octanol–water partition coefficient (Wildman–Crippen LogP) is 2.70. The van der Waals surface area contributed by atoms with Crippen molar-refractivity contribution in [3.05, 3.63) is 48.1 Å². The summed E-state index contributed by atoms with van der Waals surface area (Å²) < 4.78 is 0. The van der Waals surface area contributed by atoms with Gasteiger partial charge in [0.2, 0.25) is 0 Å². The van der Waals surface area contributed by atoms with Crippen LogP contribution in [0.1, 0.15) is 18.1 Å². The molecule has 0 heterocycles. The van der Waals surface area contributed by atoms with Crippen LogP contribution in [0.5, 0.6) is 5.75 Å². The molecule has 0 amide bonds. The van der Waals surface area contributed by atoms with Gasteiger partial charge in [0.15, 0.2) is 5.75 Å². The van der Waals surface area contributed by atoms with Crippen molar-refractivity contribution >= 4 is 6.08 Å². The fourth-order valence-electron chi connectivity index (χ4n) is 1.31. The van der Waals surface area contributed by atoms with Gasteiger partial charge in [-0.25, -0.2) is 0 Å². The Morgan fingerprint density at radius 1 is 1.50 bits per heavy atom. The van der Waals surface area contributed by atoms with Gasteiger partial charge >= 0.3 is 0 Å². The van der Waals surface area contributed by atoms with Crippen molar-refractivity contribution in [2.24, 2.45) is 5.90 Å². The van der Waals surface area contributed by atoms with E-state index in [1.54, 1.807) is 0 Å². The maximum atomic E-state index is 5.15. The summed E-state index contributed by atoms with van der Waals surface area (Å²) in [7, 11) is 0. The first-order valence-electron chi connectivity index (χ1n) is 4.55. The van der Waals surface area contributed by atoms with E-state index < -0.39 is 0 Å². The molecular formula is C12H15NO. The second-order valence-corrected chi connectivity index (χ2v) is 2.98. The van der Waals surface area contributed by atoms with Gasteiger partial charge in [0, 0.05) is 5.56 Å². The number of allylic oxidation sites excluding steroid dienone is 2. The van der Waals surface area contributed by atoms with Crippen LogP contribution in [0.25, 0.3) is 6.08 Å². The standard InChI is InChI=1S/C12H15NO/c1-3-5-10-7-8-12(14-13)11(9-10)6-4-2/h3-4,6-9H,1,5,13H2,2H3/b6-4+. The second kappa shape index (κ2) is 5.25. The van der Waals surface area contributed by atoms with E-state index in [1.165, 1.54) is 5.56 Å². The molecule has 1 aromatic rings. The molecule has 1 rings (SSSR count).